The number of nitrogens with zero attached hydrogens (tertiary/aromatic N) is 2. The van der Waals surface area contributed by atoms with Gasteiger partial charge in [0.15, 0.2) is 5.13 Å². The van der Waals surface area contributed by atoms with Crippen LogP contribution in [0, 0.1) is 5.92 Å². The van der Waals surface area contributed by atoms with E-state index in [1.807, 2.05) is 10.3 Å². The van der Waals surface area contributed by atoms with Crippen molar-refractivity contribution in [2.24, 2.45) is 5.92 Å². The van der Waals surface area contributed by atoms with Gasteiger partial charge in [-0.1, -0.05) is 12.8 Å². The molecule has 24 heavy (non-hydrogen) atoms. The average molecular weight is 350 g/mol. The van der Waals surface area contributed by atoms with E-state index in [4.69, 9.17) is 5.73 Å². The number of hydrogen-bond donors (Lipinski definition) is 2. The smallest absolute Gasteiger partial charge is 0.224 e. The molecule has 0 bridgehead atoms. The fourth-order valence-corrected chi connectivity index (χ4v) is 4.31. The van der Waals surface area contributed by atoms with E-state index in [0.717, 1.165) is 31.4 Å². The van der Waals surface area contributed by atoms with Crippen LogP contribution in [0.15, 0.2) is 5.38 Å². The SMILES string of the molecule is Nc1nc(CCCNC(=O)[C@H]2CCC(=O)N(C3CCCC3)C2)cs1. The number of nitrogen functional groups attached to an aromatic ring is 1. The molecule has 1 atom stereocenters. The molecule has 2 aliphatic rings. The minimum atomic E-state index is -0.0572. The van der Waals surface area contributed by atoms with Gasteiger partial charge in [0, 0.05) is 30.9 Å². The summed E-state index contributed by atoms with van der Waals surface area (Å²) in [5.74, 6) is 0.258. The van der Waals surface area contributed by atoms with E-state index in [9.17, 15) is 9.59 Å². The third-order valence-corrected chi connectivity index (χ3v) is 5.78. The van der Waals surface area contributed by atoms with Crippen molar-refractivity contribution in [1.29, 1.82) is 0 Å². The molecule has 1 aromatic heterocycles. The Morgan fingerprint density at radius 3 is 2.88 bits per heavy atom. The third-order valence-electron chi connectivity index (χ3n) is 5.06. The monoisotopic (exact) mass is 350 g/mol. The molecule has 0 aromatic carbocycles. The number of thiazole rings is 1. The summed E-state index contributed by atoms with van der Waals surface area (Å²) in [6.07, 6.45) is 7.45. The van der Waals surface area contributed by atoms with Crippen LogP contribution in [0.1, 0.15) is 50.6 Å². The Balaban J connectivity index is 1.41. The van der Waals surface area contributed by atoms with Crippen molar-refractivity contribution in [1.82, 2.24) is 15.2 Å². The molecule has 2 amide bonds. The molecule has 132 valence electrons. The van der Waals surface area contributed by atoms with Crippen molar-refractivity contribution in [3.63, 3.8) is 0 Å². The van der Waals surface area contributed by atoms with Gasteiger partial charge in [-0.15, -0.1) is 11.3 Å². The van der Waals surface area contributed by atoms with Crippen LogP contribution < -0.4 is 11.1 Å². The summed E-state index contributed by atoms with van der Waals surface area (Å²) in [7, 11) is 0. The number of carbonyl (C=O) groups is 2. The highest BCUT2D eigenvalue weighted by Crippen LogP contribution is 2.28. The first kappa shape index (κ1) is 17.2. The summed E-state index contributed by atoms with van der Waals surface area (Å²) < 4.78 is 0. The second-order valence-corrected chi connectivity index (χ2v) is 7.68. The van der Waals surface area contributed by atoms with Gasteiger partial charge in [0.1, 0.15) is 0 Å². The van der Waals surface area contributed by atoms with Crippen LogP contribution in [0.25, 0.3) is 0 Å². The lowest BCUT2D eigenvalue weighted by atomic mass is 9.95. The summed E-state index contributed by atoms with van der Waals surface area (Å²) in [5.41, 5.74) is 6.60. The molecule has 1 aliphatic carbocycles. The largest absolute Gasteiger partial charge is 0.375 e. The number of nitrogens with two attached hydrogens (primary N) is 1. The second-order valence-electron chi connectivity index (χ2n) is 6.79. The maximum absolute atomic E-state index is 12.4. The van der Waals surface area contributed by atoms with Gasteiger partial charge >= 0.3 is 0 Å². The highest BCUT2D eigenvalue weighted by Gasteiger charge is 2.34. The predicted octanol–water partition coefficient (Wildman–Crippen LogP) is 1.96. The molecule has 6 nitrogen and oxygen atoms in total. The van der Waals surface area contributed by atoms with Crippen LogP contribution in [0.5, 0.6) is 0 Å². The molecule has 3 N–H and O–H groups in total. The van der Waals surface area contributed by atoms with Gasteiger partial charge in [0.25, 0.3) is 0 Å². The second kappa shape index (κ2) is 7.96. The average Bonchev–Trinajstić information content (AvgIpc) is 3.23. The Labute approximate surface area is 146 Å². The third kappa shape index (κ3) is 4.26. The number of amides is 2. The Morgan fingerprint density at radius 2 is 2.17 bits per heavy atom. The Kier molecular flexibility index (Phi) is 5.71. The minimum Gasteiger partial charge on any atom is -0.375 e. The molecular formula is C17H26N4O2S. The first-order valence-corrected chi connectivity index (χ1v) is 9.78. The van der Waals surface area contributed by atoms with E-state index >= 15 is 0 Å². The molecule has 1 saturated heterocycles. The summed E-state index contributed by atoms with van der Waals surface area (Å²) >= 11 is 1.45. The number of piperidine rings is 1. The Hall–Kier alpha value is -1.63. The number of nitrogens with one attached hydrogen (secondary N) is 1. The summed E-state index contributed by atoms with van der Waals surface area (Å²) in [5, 5.41) is 5.58. The molecule has 2 heterocycles. The molecule has 0 radical (unpaired) electrons. The van der Waals surface area contributed by atoms with Crippen LogP contribution in [-0.4, -0.2) is 40.8 Å². The molecule has 7 heteroatoms. The van der Waals surface area contributed by atoms with Crippen molar-refractivity contribution < 1.29 is 9.59 Å². The van der Waals surface area contributed by atoms with Gasteiger partial charge in [0.05, 0.1) is 11.6 Å². The Bertz CT molecular complexity index is 583. The van der Waals surface area contributed by atoms with Gasteiger partial charge < -0.3 is 16.0 Å². The molecular weight excluding hydrogens is 324 g/mol. The molecule has 1 aromatic rings. The van der Waals surface area contributed by atoms with E-state index in [1.165, 1.54) is 24.2 Å². The zero-order valence-electron chi connectivity index (χ0n) is 14.0. The fourth-order valence-electron chi connectivity index (χ4n) is 3.72. The normalized spacial score (nSPS) is 22.1. The van der Waals surface area contributed by atoms with Crippen LogP contribution in [0.2, 0.25) is 0 Å². The van der Waals surface area contributed by atoms with Gasteiger partial charge in [0.2, 0.25) is 11.8 Å². The topological polar surface area (TPSA) is 88.3 Å². The van der Waals surface area contributed by atoms with E-state index < -0.39 is 0 Å². The van der Waals surface area contributed by atoms with Crippen LogP contribution in [0.4, 0.5) is 5.13 Å². The maximum Gasteiger partial charge on any atom is 0.224 e. The van der Waals surface area contributed by atoms with Crippen molar-refractivity contribution >= 4 is 28.3 Å². The van der Waals surface area contributed by atoms with Gasteiger partial charge in [-0.05, 0) is 32.1 Å². The molecule has 3 rings (SSSR count). The summed E-state index contributed by atoms with van der Waals surface area (Å²) in [4.78, 5) is 30.7. The van der Waals surface area contributed by atoms with Crippen LogP contribution in [0.3, 0.4) is 0 Å². The zero-order chi connectivity index (χ0) is 16.9. The molecule has 0 unspecified atom stereocenters. The van der Waals surface area contributed by atoms with Gasteiger partial charge in [-0.25, -0.2) is 4.98 Å². The lowest BCUT2D eigenvalue weighted by Crippen LogP contribution is -2.49. The number of aromatic nitrogens is 1. The summed E-state index contributed by atoms with van der Waals surface area (Å²) in [6, 6.07) is 0.364. The molecule has 2 fully saturated rings. The number of rotatable bonds is 6. The molecule has 0 spiro atoms. The lowest BCUT2D eigenvalue weighted by Gasteiger charge is -2.36. The number of anilines is 1. The molecule has 1 aliphatic heterocycles. The highest BCUT2D eigenvalue weighted by atomic mass is 32.1. The van der Waals surface area contributed by atoms with Crippen LogP contribution >= 0.6 is 11.3 Å². The van der Waals surface area contributed by atoms with Crippen molar-refractivity contribution in [3.05, 3.63) is 11.1 Å². The molecule has 1 saturated carbocycles. The van der Waals surface area contributed by atoms with Gasteiger partial charge in [-0.3, -0.25) is 9.59 Å². The van der Waals surface area contributed by atoms with E-state index in [2.05, 4.69) is 10.3 Å². The highest BCUT2D eigenvalue weighted by molar-refractivity contribution is 7.13. The van der Waals surface area contributed by atoms with Gasteiger partial charge in [-0.2, -0.15) is 0 Å². The number of carbonyl (C=O) groups excluding carboxylic acids is 2. The number of likely N-dealkylation sites (tertiary alicyclic amines) is 1. The first-order chi connectivity index (χ1) is 11.6. The number of hydrogen-bond acceptors (Lipinski definition) is 5. The van der Waals surface area contributed by atoms with E-state index in [0.29, 0.717) is 37.1 Å². The zero-order valence-corrected chi connectivity index (χ0v) is 14.8. The minimum absolute atomic E-state index is 0.0572. The van der Waals surface area contributed by atoms with Crippen molar-refractivity contribution in [2.75, 3.05) is 18.8 Å². The van der Waals surface area contributed by atoms with E-state index in [-0.39, 0.29) is 17.7 Å². The summed E-state index contributed by atoms with van der Waals surface area (Å²) in [6.45, 7) is 1.24. The first-order valence-electron chi connectivity index (χ1n) is 8.90. The van der Waals surface area contributed by atoms with Crippen molar-refractivity contribution in [3.8, 4) is 0 Å². The predicted molar refractivity (Wildman–Crippen MR) is 94.6 cm³/mol. The van der Waals surface area contributed by atoms with E-state index in [1.54, 1.807) is 0 Å². The maximum atomic E-state index is 12.4. The van der Waals surface area contributed by atoms with Crippen LogP contribution in [-0.2, 0) is 16.0 Å². The Morgan fingerprint density at radius 1 is 1.38 bits per heavy atom. The number of aryl methyl sites for hydroxylation is 1. The lowest BCUT2D eigenvalue weighted by molar-refractivity contribution is -0.140. The van der Waals surface area contributed by atoms with Crippen molar-refractivity contribution in [2.45, 2.75) is 57.4 Å². The quantitative estimate of drug-likeness (QED) is 0.768. The standard InChI is InChI=1S/C17H26N4O2S/c18-17-20-13(11-24-17)4-3-9-19-16(23)12-7-8-15(22)21(10-12)14-5-1-2-6-14/h11-12,14H,1-10H2,(H2,18,20)(H,19,23)/t12-/m0/s1. The fraction of sp³-hybridized carbons (Fsp3) is 0.706.